The fourth-order valence-corrected chi connectivity index (χ4v) is 4.72. The summed E-state index contributed by atoms with van der Waals surface area (Å²) in [5, 5.41) is 10.9. The first-order valence-electron chi connectivity index (χ1n) is 8.13. The van der Waals surface area contributed by atoms with Crippen molar-refractivity contribution in [2.45, 2.75) is 24.6 Å². The van der Waals surface area contributed by atoms with E-state index in [0.29, 0.717) is 16.6 Å². The van der Waals surface area contributed by atoms with Crippen LogP contribution in [0.5, 0.6) is 5.75 Å². The number of aryl methyl sites for hydroxylation is 1. The summed E-state index contributed by atoms with van der Waals surface area (Å²) in [4.78, 5) is 12.4. The third-order valence-corrected chi connectivity index (χ3v) is 6.68. The number of carbonyl (C=O) groups is 1. The average molecular weight is 431 g/mol. The molecule has 0 aliphatic rings. The standard InChI is InChI=1S/C16H22N4O4S3/c1-5-8-25-16-19-18-15(26-16)17-14(21)10-20(27(4,22)23)12-9-11(2)6-7-13(12)24-3/h6-7,9H,5,8,10H2,1-4H3,(H,17,18,21). The minimum Gasteiger partial charge on any atom is -0.495 e. The van der Waals surface area contributed by atoms with E-state index < -0.39 is 22.5 Å². The Morgan fingerprint density at radius 1 is 1.37 bits per heavy atom. The number of ether oxygens (including phenoxy) is 1. The van der Waals surface area contributed by atoms with Crippen LogP contribution < -0.4 is 14.4 Å². The normalized spacial score (nSPS) is 11.3. The van der Waals surface area contributed by atoms with Gasteiger partial charge in [0.15, 0.2) is 4.34 Å². The van der Waals surface area contributed by atoms with Crippen LogP contribution >= 0.6 is 23.1 Å². The smallest absolute Gasteiger partial charge is 0.246 e. The lowest BCUT2D eigenvalue weighted by molar-refractivity contribution is -0.114. The molecule has 1 amide bonds. The fourth-order valence-electron chi connectivity index (χ4n) is 2.17. The van der Waals surface area contributed by atoms with Crippen LogP contribution in [-0.2, 0) is 14.8 Å². The molecule has 0 radical (unpaired) electrons. The highest BCUT2D eigenvalue weighted by molar-refractivity contribution is 8.01. The number of thioether (sulfide) groups is 1. The molecule has 27 heavy (non-hydrogen) atoms. The van der Waals surface area contributed by atoms with E-state index >= 15 is 0 Å². The maximum atomic E-state index is 12.4. The Morgan fingerprint density at radius 3 is 2.74 bits per heavy atom. The van der Waals surface area contributed by atoms with Gasteiger partial charge in [-0.3, -0.25) is 14.4 Å². The number of rotatable bonds is 9. The summed E-state index contributed by atoms with van der Waals surface area (Å²) >= 11 is 2.82. The highest BCUT2D eigenvalue weighted by Gasteiger charge is 2.24. The number of sulfonamides is 1. The number of anilines is 2. The third-order valence-electron chi connectivity index (χ3n) is 3.37. The Kier molecular flexibility index (Phi) is 7.45. The highest BCUT2D eigenvalue weighted by Crippen LogP contribution is 2.31. The number of carbonyl (C=O) groups excluding carboxylic acids is 1. The summed E-state index contributed by atoms with van der Waals surface area (Å²) in [6, 6.07) is 5.14. The molecule has 0 saturated carbocycles. The van der Waals surface area contributed by atoms with E-state index in [1.54, 1.807) is 30.0 Å². The van der Waals surface area contributed by atoms with Crippen molar-refractivity contribution in [3.05, 3.63) is 23.8 Å². The van der Waals surface area contributed by atoms with Gasteiger partial charge in [-0.15, -0.1) is 10.2 Å². The second-order valence-electron chi connectivity index (χ2n) is 5.71. The lowest BCUT2D eigenvalue weighted by Crippen LogP contribution is -2.37. The van der Waals surface area contributed by atoms with Gasteiger partial charge in [0.05, 0.1) is 19.1 Å². The number of hydrogen-bond acceptors (Lipinski definition) is 8. The molecule has 0 saturated heterocycles. The Hall–Kier alpha value is -1.85. The molecule has 1 N–H and O–H groups in total. The summed E-state index contributed by atoms with van der Waals surface area (Å²) in [7, 11) is -2.26. The average Bonchev–Trinajstić information content (AvgIpc) is 3.04. The molecule has 0 atom stereocenters. The Bertz CT molecular complexity index is 899. The van der Waals surface area contributed by atoms with E-state index in [0.717, 1.165) is 32.6 Å². The molecule has 2 aromatic rings. The summed E-state index contributed by atoms with van der Waals surface area (Å²) in [5.74, 6) is 0.776. The van der Waals surface area contributed by atoms with E-state index in [1.807, 2.05) is 6.92 Å². The monoisotopic (exact) mass is 430 g/mol. The molecule has 1 heterocycles. The first-order chi connectivity index (χ1) is 12.7. The molecular weight excluding hydrogens is 408 g/mol. The topological polar surface area (TPSA) is 101 Å². The second-order valence-corrected chi connectivity index (χ2v) is 9.94. The summed E-state index contributed by atoms with van der Waals surface area (Å²) in [6.45, 7) is 3.51. The first kappa shape index (κ1) is 21.5. The summed E-state index contributed by atoms with van der Waals surface area (Å²) in [6.07, 6.45) is 2.06. The van der Waals surface area contributed by atoms with Crippen LogP contribution in [-0.4, -0.2) is 50.2 Å². The van der Waals surface area contributed by atoms with Gasteiger partial charge in [-0.05, 0) is 31.0 Å². The van der Waals surface area contributed by atoms with Crippen LogP contribution in [0.15, 0.2) is 22.5 Å². The molecule has 8 nitrogen and oxygen atoms in total. The largest absolute Gasteiger partial charge is 0.495 e. The van der Waals surface area contributed by atoms with Crippen molar-refractivity contribution < 1.29 is 17.9 Å². The van der Waals surface area contributed by atoms with Crippen molar-refractivity contribution in [1.29, 1.82) is 0 Å². The fraction of sp³-hybridized carbons (Fsp3) is 0.438. The van der Waals surface area contributed by atoms with Crippen molar-refractivity contribution >= 4 is 49.8 Å². The van der Waals surface area contributed by atoms with Crippen molar-refractivity contribution in [3.8, 4) is 5.75 Å². The molecule has 0 aliphatic heterocycles. The quantitative estimate of drug-likeness (QED) is 0.482. The van der Waals surface area contributed by atoms with Crippen LogP contribution in [0.2, 0.25) is 0 Å². The Balaban J connectivity index is 2.18. The molecular formula is C16H22N4O4S3. The maximum Gasteiger partial charge on any atom is 0.246 e. The SMILES string of the molecule is CCCSc1nnc(NC(=O)CN(c2cc(C)ccc2OC)S(C)(=O)=O)s1. The molecule has 1 aromatic carbocycles. The van der Waals surface area contributed by atoms with E-state index in [1.165, 1.54) is 18.4 Å². The predicted molar refractivity (Wildman–Crippen MR) is 109 cm³/mol. The van der Waals surface area contributed by atoms with Crippen LogP contribution in [0.3, 0.4) is 0 Å². The third kappa shape index (κ3) is 6.08. The van der Waals surface area contributed by atoms with Gasteiger partial charge in [-0.25, -0.2) is 8.42 Å². The van der Waals surface area contributed by atoms with Crippen LogP contribution in [0, 0.1) is 6.92 Å². The number of hydrogen-bond donors (Lipinski definition) is 1. The molecule has 0 spiro atoms. The number of aromatic nitrogens is 2. The summed E-state index contributed by atoms with van der Waals surface area (Å²) < 4.78 is 31.6. The number of nitrogens with one attached hydrogen (secondary N) is 1. The van der Waals surface area contributed by atoms with Gasteiger partial charge in [0.2, 0.25) is 21.1 Å². The molecule has 1 aromatic heterocycles. The minimum atomic E-state index is -3.71. The van der Waals surface area contributed by atoms with Crippen molar-refractivity contribution in [3.63, 3.8) is 0 Å². The van der Waals surface area contributed by atoms with Crippen molar-refractivity contribution in [2.75, 3.05) is 35.3 Å². The minimum absolute atomic E-state index is 0.312. The number of amides is 1. The van der Waals surface area contributed by atoms with Gasteiger partial charge in [0, 0.05) is 5.75 Å². The van der Waals surface area contributed by atoms with E-state index in [9.17, 15) is 13.2 Å². The second kappa shape index (κ2) is 9.38. The van der Waals surface area contributed by atoms with Crippen LogP contribution in [0.1, 0.15) is 18.9 Å². The number of nitrogens with zero attached hydrogens (tertiary/aromatic N) is 3. The molecule has 2 rings (SSSR count). The van der Waals surface area contributed by atoms with Crippen LogP contribution in [0.4, 0.5) is 10.8 Å². The van der Waals surface area contributed by atoms with E-state index in [-0.39, 0.29) is 0 Å². The zero-order valence-corrected chi connectivity index (χ0v) is 18.0. The van der Waals surface area contributed by atoms with Gasteiger partial charge in [0.1, 0.15) is 12.3 Å². The molecule has 11 heteroatoms. The molecule has 0 aliphatic carbocycles. The Morgan fingerprint density at radius 2 is 2.11 bits per heavy atom. The Labute approximate surface area is 167 Å². The van der Waals surface area contributed by atoms with Gasteiger partial charge in [-0.2, -0.15) is 0 Å². The zero-order valence-electron chi connectivity index (χ0n) is 15.6. The molecule has 0 unspecified atom stereocenters. The van der Waals surface area contributed by atoms with Crippen molar-refractivity contribution in [1.82, 2.24) is 10.2 Å². The van der Waals surface area contributed by atoms with Gasteiger partial charge in [0.25, 0.3) is 0 Å². The van der Waals surface area contributed by atoms with Crippen molar-refractivity contribution in [2.24, 2.45) is 0 Å². The lowest BCUT2D eigenvalue weighted by atomic mass is 10.2. The van der Waals surface area contributed by atoms with Gasteiger partial charge < -0.3 is 4.74 Å². The van der Waals surface area contributed by atoms with Crippen LogP contribution in [0.25, 0.3) is 0 Å². The lowest BCUT2D eigenvalue weighted by Gasteiger charge is -2.23. The molecule has 0 bridgehead atoms. The molecule has 148 valence electrons. The molecule has 0 fully saturated rings. The number of benzene rings is 1. The summed E-state index contributed by atoms with van der Waals surface area (Å²) in [5.41, 5.74) is 1.16. The van der Waals surface area contributed by atoms with Gasteiger partial charge in [-0.1, -0.05) is 36.1 Å². The first-order valence-corrected chi connectivity index (χ1v) is 11.8. The maximum absolute atomic E-state index is 12.4. The predicted octanol–water partition coefficient (Wildman–Crippen LogP) is 2.76. The highest BCUT2D eigenvalue weighted by atomic mass is 32.2. The van der Waals surface area contributed by atoms with Gasteiger partial charge >= 0.3 is 0 Å². The number of methoxy groups -OCH3 is 1. The van der Waals surface area contributed by atoms with E-state index in [2.05, 4.69) is 22.4 Å². The zero-order chi connectivity index (χ0) is 20.0. The van der Waals surface area contributed by atoms with E-state index in [4.69, 9.17) is 4.74 Å².